The first-order valence-electron chi connectivity index (χ1n) is 13.3. The predicted octanol–water partition coefficient (Wildman–Crippen LogP) is 4.43. The average Bonchev–Trinajstić information content (AvgIpc) is 3.20. The summed E-state index contributed by atoms with van der Waals surface area (Å²) in [6.45, 7) is 11.9. The minimum absolute atomic E-state index is 0.0147. The van der Waals surface area contributed by atoms with Gasteiger partial charge in [0.05, 0.1) is 23.0 Å². The Morgan fingerprint density at radius 2 is 1.94 bits per heavy atom. The first kappa shape index (κ1) is 24.9. The molecule has 192 valence electrons. The van der Waals surface area contributed by atoms with E-state index in [4.69, 9.17) is 0 Å². The fraction of sp³-hybridized carbons (Fsp3) is 0.517. The summed E-state index contributed by atoms with van der Waals surface area (Å²) in [5.41, 5.74) is 4.45. The highest BCUT2D eigenvalue weighted by Crippen LogP contribution is 2.33. The van der Waals surface area contributed by atoms with Crippen LogP contribution in [0.15, 0.2) is 36.8 Å². The van der Waals surface area contributed by atoms with Crippen LogP contribution >= 0.6 is 0 Å². The van der Waals surface area contributed by atoms with Gasteiger partial charge < -0.3 is 19.7 Å². The van der Waals surface area contributed by atoms with Crippen LogP contribution in [0, 0.1) is 24.6 Å². The van der Waals surface area contributed by atoms with E-state index < -0.39 is 5.82 Å². The van der Waals surface area contributed by atoms with Crippen LogP contribution in [0.1, 0.15) is 48.2 Å². The van der Waals surface area contributed by atoms with E-state index >= 15 is 0 Å². The highest BCUT2D eigenvalue weighted by atomic mass is 19.1. The lowest BCUT2D eigenvalue weighted by Crippen LogP contribution is -2.49. The monoisotopic (exact) mass is 491 g/mol. The Hall–Kier alpha value is -2.77. The summed E-state index contributed by atoms with van der Waals surface area (Å²) >= 11 is 0. The van der Waals surface area contributed by atoms with Gasteiger partial charge in [0.2, 0.25) is 0 Å². The molecule has 5 rings (SSSR count). The number of likely N-dealkylation sites (tertiary alicyclic amines) is 1. The van der Waals surface area contributed by atoms with Crippen LogP contribution in [0.4, 0.5) is 4.39 Å². The third-order valence-corrected chi connectivity index (χ3v) is 8.12. The normalized spacial score (nSPS) is 17.6. The van der Waals surface area contributed by atoms with Gasteiger partial charge in [0.25, 0.3) is 5.91 Å². The molecule has 0 spiro atoms. The molecule has 2 aliphatic heterocycles. The number of nitrogens with one attached hydrogen (secondary N) is 1. The smallest absolute Gasteiger partial charge is 0.256 e. The summed E-state index contributed by atoms with van der Waals surface area (Å²) in [5, 5.41) is 4.58. The zero-order valence-corrected chi connectivity index (χ0v) is 21.9. The van der Waals surface area contributed by atoms with Gasteiger partial charge in [-0.05, 0) is 94.3 Å². The van der Waals surface area contributed by atoms with Gasteiger partial charge in [-0.3, -0.25) is 9.78 Å². The molecule has 0 radical (unpaired) electrons. The Bertz CT molecular complexity index is 1240. The molecule has 0 atom stereocenters. The van der Waals surface area contributed by atoms with Gasteiger partial charge in [-0.2, -0.15) is 0 Å². The molecule has 1 N–H and O–H groups in total. The lowest BCUT2D eigenvalue weighted by Gasteiger charge is -2.37. The van der Waals surface area contributed by atoms with Crippen molar-refractivity contribution in [3.63, 3.8) is 0 Å². The number of nitrogens with zero attached hydrogens (tertiary/aromatic N) is 4. The Balaban J connectivity index is 1.45. The second kappa shape index (κ2) is 10.3. The molecule has 0 unspecified atom stereocenters. The molecule has 36 heavy (non-hydrogen) atoms. The fourth-order valence-corrected chi connectivity index (χ4v) is 5.64. The molecule has 4 heterocycles. The van der Waals surface area contributed by atoms with Crippen molar-refractivity contribution in [3.05, 3.63) is 59.3 Å². The molecule has 0 bridgehead atoms. The molecule has 0 aliphatic carbocycles. The molecule has 1 aromatic carbocycles. The first-order chi connectivity index (χ1) is 17.3. The number of aryl methyl sites for hydroxylation is 1. The number of rotatable bonds is 7. The van der Waals surface area contributed by atoms with Gasteiger partial charge in [-0.15, -0.1) is 0 Å². The Morgan fingerprint density at radius 1 is 1.19 bits per heavy atom. The van der Waals surface area contributed by atoms with E-state index in [1.165, 1.54) is 55.6 Å². The third kappa shape index (κ3) is 4.91. The maximum absolute atomic E-state index is 14.3. The van der Waals surface area contributed by atoms with Crippen LogP contribution in [0.5, 0.6) is 0 Å². The molecule has 2 fully saturated rings. The number of hydrogen-bond donors (Lipinski definition) is 1. The quantitative estimate of drug-likeness (QED) is 0.531. The number of fused-ring (bicyclic) bond motifs is 1. The summed E-state index contributed by atoms with van der Waals surface area (Å²) < 4.78 is 16.4. The van der Waals surface area contributed by atoms with Crippen molar-refractivity contribution in [3.8, 4) is 5.69 Å². The maximum atomic E-state index is 14.3. The molecule has 2 saturated heterocycles. The van der Waals surface area contributed by atoms with E-state index in [-0.39, 0.29) is 11.9 Å². The third-order valence-electron chi connectivity index (χ3n) is 8.12. The first-order valence-corrected chi connectivity index (χ1v) is 13.3. The summed E-state index contributed by atoms with van der Waals surface area (Å²) in [6, 6.07) is 4.53. The second-order valence-electron chi connectivity index (χ2n) is 11.0. The van der Waals surface area contributed by atoms with Gasteiger partial charge >= 0.3 is 0 Å². The maximum Gasteiger partial charge on any atom is 0.256 e. The van der Waals surface area contributed by atoms with Gasteiger partial charge in [0.1, 0.15) is 5.82 Å². The van der Waals surface area contributed by atoms with Gasteiger partial charge in [0, 0.05) is 50.5 Å². The molecule has 1 amide bonds. The lowest BCUT2D eigenvalue weighted by molar-refractivity contribution is 0.0754. The van der Waals surface area contributed by atoms with Crippen LogP contribution in [-0.4, -0.2) is 71.1 Å². The van der Waals surface area contributed by atoms with Crippen LogP contribution < -0.4 is 5.32 Å². The Morgan fingerprint density at radius 3 is 2.61 bits per heavy atom. The standard InChI is InChI=1S/C29H38FN5O/c1-19(2)33(4)29(36)25-12-24(30)5-6-26(25)35-18-23(28-20(3)13-31-16-27(28)35)11-21-7-9-34(10-8-21)17-22-14-32-15-22/h5-6,12-13,16,18-19,21-22,32H,7-11,14-15,17H2,1-4H3. The van der Waals surface area contributed by atoms with Crippen LogP contribution in [0.25, 0.3) is 16.6 Å². The van der Waals surface area contributed by atoms with Crippen molar-refractivity contribution in [2.75, 3.05) is 39.8 Å². The van der Waals surface area contributed by atoms with Crippen molar-refractivity contribution < 1.29 is 9.18 Å². The molecule has 3 aromatic rings. The van der Waals surface area contributed by atoms with E-state index in [9.17, 15) is 9.18 Å². The predicted molar refractivity (Wildman–Crippen MR) is 142 cm³/mol. The van der Waals surface area contributed by atoms with E-state index in [1.807, 2.05) is 30.8 Å². The SMILES string of the molecule is Cc1cncc2c1c(CC1CCN(CC3CNC3)CC1)cn2-c1ccc(F)cc1C(=O)N(C)C(C)C. The zero-order chi connectivity index (χ0) is 25.4. The number of benzene rings is 1. The Labute approximate surface area is 213 Å². The number of halogens is 1. The average molecular weight is 492 g/mol. The highest BCUT2D eigenvalue weighted by molar-refractivity contribution is 5.99. The number of carbonyl (C=O) groups is 1. The van der Waals surface area contributed by atoms with Gasteiger partial charge in [-0.25, -0.2) is 4.39 Å². The van der Waals surface area contributed by atoms with Gasteiger partial charge in [0.15, 0.2) is 0 Å². The molecule has 6 nitrogen and oxygen atoms in total. The zero-order valence-electron chi connectivity index (χ0n) is 21.9. The van der Waals surface area contributed by atoms with E-state index in [0.717, 1.165) is 36.5 Å². The summed E-state index contributed by atoms with van der Waals surface area (Å²) in [5.74, 6) is 0.859. The van der Waals surface area contributed by atoms with Crippen LogP contribution in [0.2, 0.25) is 0 Å². The molecule has 2 aliphatic rings. The number of pyridine rings is 1. The van der Waals surface area contributed by atoms with E-state index in [0.29, 0.717) is 17.2 Å². The molecule has 7 heteroatoms. The van der Waals surface area contributed by atoms with Crippen LogP contribution in [0.3, 0.4) is 0 Å². The van der Waals surface area contributed by atoms with Crippen molar-refractivity contribution in [2.45, 2.75) is 46.1 Å². The van der Waals surface area contributed by atoms with E-state index in [1.54, 1.807) is 18.0 Å². The molecular formula is C29H38FN5O. The fourth-order valence-electron chi connectivity index (χ4n) is 5.64. The number of amides is 1. The number of piperidine rings is 1. The minimum Gasteiger partial charge on any atom is -0.339 e. The van der Waals surface area contributed by atoms with Crippen molar-refractivity contribution in [1.29, 1.82) is 0 Å². The number of carbonyl (C=O) groups excluding carboxylic acids is 1. The van der Waals surface area contributed by atoms with Crippen molar-refractivity contribution in [2.24, 2.45) is 11.8 Å². The Kier molecular flexibility index (Phi) is 7.13. The largest absolute Gasteiger partial charge is 0.339 e. The molecule has 2 aromatic heterocycles. The summed E-state index contributed by atoms with van der Waals surface area (Å²) in [7, 11) is 1.76. The van der Waals surface area contributed by atoms with E-state index in [2.05, 4.69) is 28.3 Å². The van der Waals surface area contributed by atoms with Gasteiger partial charge in [-0.1, -0.05) is 0 Å². The van der Waals surface area contributed by atoms with Crippen molar-refractivity contribution >= 4 is 16.8 Å². The van der Waals surface area contributed by atoms with Crippen molar-refractivity contribution in [1.82, 2.24) is 24.7 Å². The topological polar surface area (TPSA) is 53.4 Å². The molecule has 0 saturated carbocycles. The lowest BCUT2D eigenvalue weighted by atomic mass is 9.89. The minimum atomic E-state index is -0.408. The summed E-state index contributed by atoms with van der Waals surface area (Å²) in [4.78, 5) is 22.1. The highest BCUT2D eigenvalue weighted by Gasteiger charge is 2.26. The number of aromatic nitrogens is 2. The van der Waals surface area contributed by atoms with Crippen LogP contribution in [-0.2, 0) is 6.42 Å². The summed E-state index contributed by atoms with van der Waals surface area (Å²) in [6.07, 6.45) is 9.35. The molecular weight excluding hydrogens is 453 g/mol. The number of hydrogen-bond acceptors (Lipinski definition) is 4. The second-order valence-corrected chi connectivity index (χ2v) is 11.0.